The molecule has 1 heterocycles. The maximum Gasteiger partial charge on any atom is 0.0293 e. The Balaban J connectivity index is 2.15. The summed E-state index contributed by atoms with van der Waals surface area (Å²) in [5.41, 5.74) is 7.86. The predicted molar refractivity (Wildman–Crippen MR) is 80.7 cm³/mol. The number of halogens is 1. The molecule has 1 fully saturated rings. The van der Waals surface area contributed by atoms with Crippen LogP contribution in [0.3, 0.4) is 0 Å². The van der Waals surface area contributed by atoms with Crippen molar-refractivity contribution in [2.24, 2.45) is 5.73 Å². The first-order valence-corrected chi connectivity index (χ1v) is 7.44. The van der Waals surface area contributed by atoms with E-state index in [1.54, 1.807) is 0 Å². The largest absolute Gasteiger partial charge is 0.326 e. The number of benzene rings is 1. The third-order valence-corrected chi connectivity index (χ3v) is 4.29. The van der Waals surface area contributed by atoms with Crippen LogP contribution in [-0.2, 0) is 6.42 Å². The lowest BCUT2D eigenvalue weighted by atomic mass is 9.97. The van der Waals surface area contributed by atoms with Crippen LogP contribution in [0.1, 0.15) is 32.8 Å². The molecule has 2 atom stereocenters. The van der Waals surface area contributed by atoms with Gasteiger partial charge in [-0.1, -0.05) is 28.1 Å². The normalized spacial score (nSPS) is 25.6. The van der Waals surface area contributed by atoms with Crippen molar-refractivity contribution in [1.82, 2.24) is 4.90 Å². The van der Waals surface area contributed by atoms with E-state index in [9.17, 15) is 0 Å². The fraction of sp³-hybridized carbons (Fsp3) is 0.600. The van der Waals surface area contributed by atoms with Crippen molar-refractivity contribution in [3.05, 3.63) is 34.3 Å². The number of hydrogen-bond donors (Lipinski definition) is 1. The second kappa shape index (κ2) is 5.32. The number of nitrogens with zero attached hydrogens (tertiary/aromatic N) is 1. The van der Waals surface area contributed by atoms with Crippen molar-refractivity contribution in [1.29, 1.82) is 0 Å². The van der Waals surface area contributed by atoms with Gasteiger partial charge in [0.1, 0.15) is 0 Å². The third-order valence-electron chi connectivity index (χ3n) is 3.79. The van der Waals surface area contributed by atoms with Gasteiger partial charge in [0.25, 0.3) is 0 Å². The van der Waals surface area contributed by atoms with Crippen LogP contribution in [0.5, 0.6) is 0 Å². The predicted octanol–water partition coefficient (Wildman–Crippen LogP) is 3.19. The number of rotatable bonds is 2. The van der Waals surface area contributed by atoms with Crippen LogP contribution in [0.2, 0.25) is 0 Å². The standard InChI is InChI=1S/C15H23BrN2/c1-15(2,3)18-8-7-13(17)14(18)10-11-5-4-6-12(16)9-11/h4-6,9,13-14H,7-8,10,17H2,1-3H3. The lowest BCUT2D eigenvalue weighted by molar-refractivity contribution is 0.116. The maximum atomic E-state index is 6.30. The molecule has 0 saturated carbocycles. The number of hydrogen-bond acceptors (Lipinski definition) is 2. The van der Waals surface area contributed by atoms with Gasteiger partial charge in [0, 0.05) is 28.6 Å². The van der Waals surface area contributed by atoms with E-state index in [-0.39, 0.29) is 5.54 Å². The summed E-state index contributed by atoms with van der Waals surface area (Å²) in [5.74, 6) is 0. The molecule has 2 N–H and O–H groups in total. The Morgan fingerprint density at radius 3 is 2.72 bits per heavy atom. The molecule has 0 bridgehead atoms. The van der Waals surface area contributed by atoms with Crippen LogP contribution < -0.4 is 5.73 Å². The molecule has 0 spiro atoms. The first-order valence-electron chi connectivity index (χ1n) is 6.65. The highest BCUT2D eigenvalue weighted by Gasteiger charge is 2.37. The molecule has 0 radical (unpaired) electrons. The molecule has 1 aliphatic rings. The number of likely N-dealkylation sites (tertiary alicyclic amines) is 1. The van der Waals surface area contributed by atoms with E-state index < -0.39 is 0 Å². The fourth-order valence-corrected chi connectivity index (χ4v) is 3.32. The van der Waals surface area contributed by atoms with Crippen molar-refractivity contribution in [2.75, 3.05) is 6.54 Å². The van der Waals surface area contributed by atoms with E-state index in [2.05, 4.69) is 65.9 Å². The molecular weight excluding hydrogens is 288 g/mol. The van der Waals surface area contributed by atoms with Gasteiger partial charge in [-0.2, -0.15) is 0 Å². The molecule has 0 aromatic heterocycles. The van der Waals surface area contributed by atoms with E-state index >= 15 is 0 Å². The molecule has 1 saturated heterocycles. The van der Waals surface area contributed by atoms with Gasteiger partial charge >= 0.3 is 0 Å². The molecule has 18 heavy (non-hydrogen) atoms. The Hall–Kier alpha value is -0.380. The van der Waals surface area contributed by atoms with Gasteiger partial charge < -0.3 is 5.73 Å². The van der Waals surface area contributed by atoms with Crippen molar-refractivity contribution in [2.45, 2.75) is 51.2 Å². The fourth-order valence-electron chi connectivity index (χ4n) is 2.88. The Bertz CT molecular complexity index is 411. The molecule has 3 heteroatoms. The Morgan fingerprint density at radius 2 is 2.11 bits per heavy atom. The molecule has 1 aliphatic heterocycles. The maximum absolute atomic E-state index is 6.30. The first kappa shape index (κ1) is 14.0. The van der Waals surface area contributed by atoms with Gasteiger partial charge in [-0.05, 0) is 51.3 Å². The van der Waals surface area contributed by atoms with E-state index in [1.165, 1.54) is 5.56 Å². The molecule has 0 aliphatic carbocycles. The summed E-state index contributed by atoms with van der Waals surface area (Å²) in [5, 5.41) is 0. The summed E-state index contributed by atoms with van der Waals surface area (Å²) in [6.07, 6.45) is 2.15. The quantitative estimate of drug-likeness (QED) is 0.909. The van der Waals surface area contributed by atoms with Crippen LogP contribution in [0.4, 0.5) is 0 Å². The summed E-state index contributed by atoms with van der Waals surface area (Å²) in [6.45, 7) is 7.94. The van der Waals surface area contributed by atoms with Crippen molar-refractivity contribution < 1.29 is 0 Å². The Morgan fingerprint density at radius 1 is 1.39 bits per heavy atom. The van der Waals surface area contributed by atoms with Crippen molar-refractivity contribution in [3.63, 3.8) is 0 Å². The highest BCUT2D eigenvalue weighted by atomic mass is 79.9. The SMILES string of the molecule is CC(C)(C)N1CCC(N)C1Cc1cccc(Br)c1. The van der Waals surface area contributed by atoms with Crippen LogP contribution >= 0.6 is 15.9 Å². The minimum absolute atomic E-state index is 0.199. The molecule has 100 valence electrons. The van der Waals surface area contributed by atoms with Crippen molar-refractivity contribution in [3.8, 4) is 0 Å². The summed E-state index contributed by atoms with van der Waals surface area (Å²) in [4.78, 5) is 2.55. The van der Waals surface area contributed by atoms with Crippen molar-refractivity contribution >= 4 is 15.9 Å². The van der Waals surface area contributed by atoms with E-state index in [0.29, 0.717) is 12.1 Å². The molecule has 1 aromatic rings. The average molecular weight is 311 g/mol. The molecular formula is C15H23BrN2. The zero-order chi connectivity index (χ0) is 13.3. The van der Waals surface area contributed by atoms with Gasteiger partial charge in [0.05, 0.1) is 0 Å². The topological polar surface area (TPSA) is 29.3 Å². The minimum atomic E-state index is 0.199. The summed E-state index contributed by atoms with van der Waals surface area (Å²) in [7, 11) is 0. The molecule has 2 nitrogen and oxygen atoms in total. The Labute approximate surface area is 119 Å². The summed E-state index contributed by atoms with van der Waals surface area (Å²) < 4.78 is 1.15. The third kappa shape index (κ3) is 3.14. The van der Waals surface area contributed by atoms with E-state index in [1.807, 2.05) is 0 Å². The van der Waals surface area contributed by atoms with Gasteiger partial charge in [0.2, 0.25) is 0 Å². The summed E-state index contributed by atoms with van der Waals surface area (Å²) >= 11 is 3.54. The highest BCUT2D eigenvalue weighted by molar-refractivity contribution is 9.10. The zero-order valence-corrected chi connectivity index (χ0v) is 13.1. The van der Waals surface area contributed by atoms with Crippen LogP contribution in [0.15, 0.2) is 28.7 Å². The summed E-state index contributed by atoms with van der Waals surface area (Å²) in [6, 6.07) is 9.31. The van der Waals surface area contributed by atoms with Crippen LogP contribution in [0.25, 0.3) is 0 Å². The molecule has 2 unspecified atom stereocenters. The molecule has 2 rings (SSSR count). The van der Waals surface area contributed by atoms with Gasteiger partial charge in [-0.3, -0.25) is 4.90 Å². The van der Waals surface area contributed by atoms with Crippen LogP contribution in [0, 0.1) is 0 Å². The van der Waals surface area contributed by atoms with E-state index in [4.69, 9.17) is 5.73 Å². The zero-order valence-electron chi connectivity index (χ0n) is 11.5. The average Bonchev–Trinajstić information content (AvgIpc) is 2.60. The highest BCUT2D eigenvalue weighted by Crippen LogP contribution is 2.28. The van der Waals surface area contributed by atoms with Gasteiger partial charge in [0.15, 0.2) is 0 Å². The lowest BCUT2D eigenvalue weighted by Crippen LogP contribution is -2.49. The van der Waals surface area contributed by atoms with E-state index in [0.717, 1.165) is 23.9 Å². The second-order valence-electron chi connectivity index (χ2n) is 6.22. The van der Waals surface area contributed by atoms with Crippen LogP contribution in [-0.4, -0.2) is 29.1 Å². The second-order valence-corrected chi connectivity index (χ2v) is 7.13. The Kier molecular flexibility index (Phi) is 4.15. The van der Waals surface area contributed by atoms with Gasteiger partial charge in [-0.25, -0.2) is 0 Å². The number of nitrogens with two attached hydrogens (primary N) is 1. The monoisotopic (exact) mass is 310 g/mol. The van der Waals surface area contributed by atoms with Gasteiger partial charge in [-0.15, -0.1) is 0 Å². The first-order chi connectivity index (χ1) is 8.38. The smallest absolute Gasteiger partial charge is 0.0293 e. The minimum Gasteiger partial charge on any atom is -0.326 e. The molecule has 1 aromatic carbocycles. The lowest BCUT2D eigenvalue weighted by Gasteiger charge is -2.38. The molecule has 0 amide bonds.